The Bertz CT molecular complexity index is 568. The van der Waals surface area contributed by atoms with Crippen molar-refractivity contribution in [2.75, 3.05) is 0 Å². The summed E-state index contributed by atoms with van der Waals surface area (Å²) in [5.41, 5.74) is 2.20. The van der Waals surface area contributed by atoms with Gasteiger partial charge in [-0.05, 0) is 30.4 Å². The molecule has 74 valence electrons. The van der Waals surface area contributed by atoms with Gasteiger partial charge in [-0.1, -0.05) is 18.2 Å². The van der Waals surface area contributed by atoms with Crippen LogP contribution in [-0.2, 0) is 12.5 Å². The maximum absolute atomic E-state index is 9.20. The Kier molecular flexibility index (Phi) is 1.50. The number of nitrogens with zero attached hydrogens (tertiary/aromatic N) is 2. The third kappa shape index (κ3) is 1.04. The number of aryl methyl sites for hydroxylation is 1. The van der Waals surface area contributed by atoms with Gasteiger partial charge in [0.15, 0.2) is 0 Å². The maximum atomic E-state index is 9.20. The highest BCUT2D eigenvalue weighted by atomic mass is 15.0. The molecule has 0 atom stereocenters. The van der Waals surface area contributed by atoms with E-state index in [1.807, 2.05) is 12.1 Å². The topological polar surface area (TPSA) is 28.7 Å². The Balaban J connectivity index is 2.30. The van der Waals surface area contributed by atoms with Crippen molar-refractivity contribution >= 4 is 10.9 Å². The third-order valence-corrected chi connectivity index (χ3v) is 3.41. The monoisotopic (exact) mass is 196 g/mol. The van der Waals surface area contributed by atoms with Crippen LogP contribution in [-0.4, -0.2) is 4.57 Å². The van der Waals surface area contributed by atoms with Gasteiger partial charge < -0.3 is 4.57 Å². The van der Waals surface area contributed by atoms with E-state index in [-0.39, 0.29) is 5.41 Å². The fourth-order valence-corrected chi connectivity index (χ4v) is 2.30. The summed E-state index contributed by atoms with van der Waals surface area (Å²) < 4.78 is 2.16. The van der Waals surface area contributed by atoms with Crippen LogP contribution in [0.15, 0.2) is 30.3 Å². The van der Waals surface area contributed by atoms with E-state index in [1.54, 1.807) is 0 Å². The Labute approximate surface area is 88.7 Å². The minimum atomic E-state index is -0.187. The summed E-state index contributed by atoms with van der Waals surface area (Å²) in [5, 5.41) is 10.4. The van der Waals surface area contributed by atoms with E-state index in [0.717, 1.165) is 12.8 Å². The van der Waals surface area contributed by atoms with Gasteiger partial charge in [0.25, 0.3) is 0 Å². The molecule has 1 aromatic carbocycles. The first-order valence-electron chi connectivity index (χ1n) is 5.23. The summed E-state index contributed by atoms with van der Waals surface area (Å²) in [7, 11) is 2.05. The van der Waals surface area contributed by atoms with Crippen molar-refractivity contribution in [3.05, 3.63) is 36.0 Å². The average Bonchev–Trinajstić information content (AvgIpc) is 3.00. The third-order valence-electron chi connectivity index (χ3n) is 3.41. The molecule has 3 rings (SSSR count). The zero-order valence-electron chi connectivity index (χ0n) is 8.70. The highest BCUT2D eigenvalue weighted by Gasteiger charge is 2.47. The predicted molar refractivity (Wildman–Crippen MR) is 59.4 cm³/mol. The van der Waals surface area contributed by atoms with Gasteiger partial charge in [-0.2, -0.15) is 5.26 Å². The molecule has 1 heterocycles. The number of rotatable bonds is 1. The molecule has 1 aromatic heterocycles. The summed E-state index contributed by atoms with van der Waals surface area (Å²) in [5.74, 6) is 0. The lowest BCUT2D eigenvalue weighted by atomic mass is 10.1. The first-order valence-corrected chi connectivity index (χ1v) is 5.23. The molecule has 2 heteroatoms. The lowest BCUT2D eigenvalue weighted by Gasteiger charge is -2.07. The first kappa shape index (κ1) is 8.55. The lowest BCUT2D eigenvalue weighted by Crippen LogP contribution is -2.08. The largest absolute Gasteiger partial charge is 0.346 e. The van der Waals surface area contributed by atoms with Crippen LogP contribution in [0.25, 0.3) is 10.9 Å². The molecule has 0 saturated heterocycles. The van der Waals surface area contributed by atoms with Crippen LogP contribution < -0.4 is 0 Å². The molecule has 0 bridgehead atoms. The predicted octanol–water partition coefficient (Wildman–Crippen LogP) is 2.73. The van der Waals surface area contributed by atoms with E-state index in [1.165, 1.54) is 16.6 Å². The molecule has 15 heavy (non-hydrogen) atoms. The van der Waals surface area contributed by atoms with Gasteiger partial charge in [0.05, 0.1) is 11.5 Å². The van der Waals surface area contributed by atoms with Crippen molar-refractivity contribution < 1.29 is 0 Å². The molecule has 1 saturated carbocycles. The molecule has 0 radical (unpaired) electrons. The van der Waals surface area contributed by atoms with Gasteiger partial charge in [0.1, 0.15) is 0 Å². The first-order chi connectivity index (χ1) is 7.27. The Morgan fingerprint density at radius 2 is 2.07 bits per heavy atom. The average molecular weight is 196 g/mol. The molecule has 0 amide bonds. The molecular weight excluding hydrogens is 184 g/mol. The zero-order chi connectivity index (χ0) is 10.5. The molecule has 0 N–H and O–H groups in total. The molecule has 0 spiro atoms. The Hall–Kier alpha value is -1.75. The van der Waals surface area contributed by atoms with Gasteiger partial charge in [-0.25, -0.2) is 0 Å². The van der Waals surface area contributed by atoms with Crippen LogP contribution in [0, 0.1) is 11.3 Å². The minimum absolute atomic E-state index is 0.187. The van der Waals surface area contributed by atoms with Crippen molar-refractivity contribution in [2.24, 2.45) is 7.05 Å². The molecule has 1 aliphatic carbocycles. The van der Waals surface area contributed by atoms with Gasteiger partial charge in [0, 0.05) is 18.3 Å². The molecule has 1 fully saturated rings. The molecule has 0 unspecified atom stereocenters. The number of nitriles is 1. The van der Waals surface area contributed by atoms with Crippen LogP contribution in [0.5, 0.6) is 0 Å². The fraction of sp³-hybridized carbons (Fsp3) is 0.308. The van der Waals surface area contributed by atoms with E-state index in [4.69, 9.17) is 0 Å². The standard InChI is InChI=1S/C13H12N2/c1-15-11-5-3-2-4-10(11)8-12(15)13(9-14)6-7-13/h2-5,8H,6-7H2,1H3. The van der Waals surface area contributed by atoms with Crippen molar-refractivity contribution in [2.45, 2.75) is 18.3 Å². The SMILES string of the molecule is Cn1c(C2(C#N)CC2)cc2ccccc21. The summed E-state index contributed by atoms with van der Waals surface area (Å²) in [6, 6.07) is 12.9. The van der Waals surface area contributed by atoms with Crippen LogP contribution in [0.2, 0.25) is 0 Å². The number of hydrogen-bond donors (Lipinski definition) is 0. The smallest absolute Gasteiger partial charge is 0.0974 e. The summed E-state index contributed by atoms with van der Waals surface area (Å²) in [6.07, 6.45) is 2.02. The summed E-state index contributed by atoms with van der Waals surface area (Å²) in [4.78, 5) is 0. The number of para-hydroxylation sites is 1. The van der Waals surface area contributed by atoms with Crippen LogP contribution in [0.3, 0.4) is 0 Å². The second-order valence-corrected chi connectivity index (χ2v) is 4.34. The van der Waals surface area contributed by atoms with Gasteiger partial charge in [-0.15, -0.1) is 0 Å². The van der Waals surface area contributed by atoms with Gasteiger partial charge >= 0.3 is 0 Å². The number of benzene rings is 1. The molecule has 2 aromatic rings. The van der Waals surface area contributed by atoms with E-state index in [0.29, 0.717) is 0 Å². The second-order valence-electron chi connectivity index (χ2n) is 4.34. The van der Waals surface area contributed by atoms with E-state index < -0.39 is 0 Å². The van der Waals surface area contributed by atoms with Crippen LogP contribution >= 0.6 is 0 Å². The summed E-state index contributed by atoms with van der Waals surface area (Å²) in [6.45, 7) is 0. The quantitative estimate of drug-likeness (QED) is 0.689. The second kappa shape index (κ2) is 2.64. The molecule has 1 aliphatic rings. The van der Waals surface area contributed by atoms with E-state index in [2.05, 4.69) is 35.9 Å². The highest BCUT2D eigenvalue weighted by Crippen LogP contribution is 2.48. The normalized spacial score (nSPS) is 17.6. The van der Waals surface area contributed by atoms with Gasteiger partial charge in [-0.3, -0.25) is 0 Å². The zero-order valence-corrected chi connectivity index (χ0v) is 8.70. The molecular formula is C13H12N2. The van der Waals surface area contributed by atoms with Gasteiger partial charge in [0.2, 0.25) is 0 Å². The minimum Gasteiger partial charge on any atom is -0.346 e. The number of aromatic nitrogens is 1. The maximum Gasteiger partial charge on any atom is 0.0974 e. The molecule has 0 aliphatic heterocycles. The number of hydrogen-bond acceptors (Lipinski definition) is 1. The molecule has 2 nitrogen and oxygen atoms in total. The van der Waals surface area contributed by atoms with Crippen molar-refractivity contribution in [3.8, 4) is 6.07 Å². The van der Waals surface area contributed by atoms with Crippen LogP contribution in [0.1, 0.15) is 18.5 Å². The van der Waals surface area contributed by atoms with Crippen molar-refractivity contribution in [3.63, 3.8) is 0 Å². The Morgan fingerprint density at radius 1 is 1.33 bits per heavy atom. The van der Waals surface area contributed by atoms with Crippen molar-refractivity contribution in [1.82, 2.24) is 4.57 Å². The fourth-order valence-electron chi connectivity index (χ4n) is 2.30. The Morgan fingerprint density at radius 3 is 2.67 bits per heavy atom. The van der Waals surface area contributed by atoms with Crippen LogP contribution in [0.4, 0.5) is 0 Å². The number of fused-ring (bicyclic) bond motifs is 1. The van der Waals surface area contributed by atoms with Crippen molar-refractivity contribution in [1.29, 1.82) is 5.26 Å². The lowest BCUT2D eigenvalue weighted by molar-refractivity contribution is 0.772. The summed E-state index contributed by atoms with van der Waals surface area (Å²) >= 11 is 0. The highest BCUT2D eigenvalue weighted by molar-refractivity contribution is 5.82. The van der Waals surface area contributed by atoms with E-state index in [9.17, 15) is 5.26 Å². The van der Waals surface area contributed by atoms with E-state index >= 15 is 0 Å².